The van der Waals surface area contributed by atoms with Crippen LogP contribution in [0.25, 0.3) is 38.6 Å². The van der Waals surface area contributed by atoms with E-state index in [0.29, 0.717) is 0 Å². The topological polar surface area (TPSA) is 4.93 Å². The summed E-state index contributed by atoms with van der Waals surface area (Å²) in [5.41, 5.74) is 13.3. The Morgan fingerprint density at radius 3 is 1.36 bits per heavy atom. The average molecular weight is 474 g/mol. The van der Waals surface area contributed by atoms with Crippen molar-refractivity contribution in [3.63, 3.8) is 0 Å². The minimum absolute atomic E-state index is 0.107. The minimum Gasteiger partial charge on any atom is -0.309 e. The van der Waals surface area contributed by atoms with Crippen molar-refractivity contribution in [3.8, 4) is 16.8 Å². The van der Waals surface area contributed by atoms with Gasteiger partial charge in [-0.25, -0.2) is 0 Å². The van der Waals surface area contributed by atoms with Crippen LogP contribution in [0.5, 0.6) is 0 Å². The number of fused-ring (bicyclic) bond motifs is 3. The molecule has 0 spiro atoms. The Labute approximate surface area is 216 Å². The first-order valence-electron chi connectivity index (χ1n) is 13.1. The van der Waals surface area contributed by atoms with Crippen molar-refractivity contribution >= 4 is 21.8 Å². The van der Waals surface area contributed by atoms with Gasteiger partial charge in [-0.2, -0.15) is 0 Å². The second-order valence-corrected chi connectivity index (χ2v) is 12.6. The SMILES string of the molecule is Cc1cc(-c2ccc(-n3c4ccc(C(C)(C)C)cc4c4cc(C(C)(C)C)ccc43)cc2)cc(C)c1C. The first-order valence-corrected chi connectivity index (χ1v) is 13.1. The van der Waals surface area contributed by atoms with Gasteiger partial charge < -0.3 is 4.57 Å². The Kier molecular flexibility index (Phi) is 5.67. The van der Waals surface area contributed by atoms with Crippen molar-refractivity contribution in [3.05, 3.63) is 101 Å². The van der Waals surface area contributed by atoms with Gasteiger partial charge in [-0.3, -0.25) is 0 Å². The predicted molar refractivity (Wildman–Crippen MR) is 158 cm³/mol. The highest BCUT2D eigenvalue weighted by molar-refractivity contribution is 6.09. The van der Waals surface area contributed by atoms with E-state index in [9.17, 15) is 0 Å². The molecule has 5 rings (SSSR count). The van der Waals surface area contributed by atoms with Gasteiger partial charge in [0, 0.05) is 16.5 Å². The summed E-state index contributed by atoms with van der Waals surface area (Å²) in [6, 6.07) is 27.7. The molecule has 0 N–H and O–H groups in total. The number of aromatic nitrogens is 1. The molecule has 0 aliphatic heterocycles. The fourth-order valence-electron chi connectivity index (χ4n) is 5.24. The van der Waals surface area contributed by atoms with Crippen molar-refractivity contribution in [2.45, 2.75) is 73.1 Å². The maximum atomic E-state index is 2.43. The zero-order chi connectivity index (χ0) is 26.0. The first kappa shape index (κ1) is 24.4. The lowest BCUT2D eigenvalue weighted by molar-refractivity contribution is 0.590. The lowest BCUT2D eigenvalue weighted by Gasteiger charge is -2.19. The highest BCUT2D eigenvalue weighted by Gasteiger charge is 2.20. The van der Waals surface area contributed by atoms with Crippen LogP contribution >= 0.6 is 0 Å². The van der Waals surface area contributed by atoms with Gasteiger partial charge in [0.15, 0.2) is 0 Å². The van der Waals surface area contributed by atoms with Crippen LogP contribution in [0.15, 0.2) is 72.8 Å². The van der Waals surface area contributed by atoms with Gasteiger partial charge in [0.25, 0.3) is 0 Å². The van der Waals surface area contributed by atoms with E-state index >= 15 is 0 Å². The summed E-state index contributed by atoms with van der Waals surface area (Å²) in [7, 11) is 0. The van der Waals surface area contributed by atoms with Crippen LogP contribution in [0.3, 0.4) is 0 Å². The molecule has 5 aromatic rings. The van der Waals surface area contributed by atoms with E-state index in [1.54, 1.807) is 0 Å². The van der Waals surface area contributed by atoms with Gasteiger partial charge in [-0.1, -0.05) is 77.9 Å². The van der Waals surface area contributed by atoms with Gasteiger partial charge in [0.05, 0.1) is 11.0 Å². The summed E-state index contributed by atoms with van der Waals surface area (Å²) < 4.78 is 2.43. The van der Waals surface area contributed by atoms with E-state index < -0.39 is 0 Å². The Morgan fingerprint density at radius 1 is 0.500 bits per heavy atom. The van der Waals surface area contributed by atoms with E-state index in [4.69, 9.17) is 0 Å². The minimum atomic E-state index is 0.107. The van der Waals surface area contributed by atoms with Crippen LogP contribution < -0.4 is 0 Å². The van der Waals surface area contributed by atoms with E-state index in [-0.39, 0.29) is 10.8 Å². The third-order valence-corrected chi connectivity index (χ3v) is 7.88. The predicted octanol–water partition coefficient (Wildman–Crippen LogP) is 9.97. The van der Waals surface area contributed by atoms with Crippen LogP contribution in [-0.4, -0.2) is 4.57 Å². The van der Waals surface area contributed by atoms with Gasteiger partial charge in [0.2, 0.25) is 0 Å². The van der Waals surface area contributed by atoms with Crippen molar-refractivity contribution in [1.29, 1.82) is 0 Å². The molecule has 0 saturated heterocycles. The number of aryl methyl sites for hydroxylation is 2. The maximum absolute atomic E-state index is 2.43. The Bertz CT molecular complexity index is 1500. The van der Waals surface area contributed by atoms with Crippen molar-refractivity contribution in [2.75, 3.05) is 0 Å². The monoisotopic (exact) mass is 473 g/mol. The highest BCUT2D eigenvalue weighted by Crippen LogP contribution is 2.38. The van der Waals surface area contributed by atoms with E-state index in [2.05, 4.69) is 140 Å². The molecule has 0 amide bonds. The Balaban J connectivity index is 1.72. The Morgan fingerprint density at radius 2 is 0.944 bits per heavy atom. The van der Waals surface area contributed by atoms with Gasteiger partial charge in [-0.15, -0.1) is 0 Å². The lowest BCUT2D eigenvalue weighted by Crippen LogP contribution is -2.10. The molecule has 0 atom stereocenters. The van der Waals surface area contributed by atoms with Crippen LogP contribution in [0, 0.1) is 20.8 Å². The fraction of sp³-hybridized carbons (Fsp3) is 0.314. The number of rotatable bonds is 2. The average Bonchev–Trinajstić information content (AvgIpc) is 3.14. The fourth-order valence-corrected chi connectivity index (χ4v) is 5.24. The summed E-state index contributed by atoms with van der Waals surface area (Å²) in [4.78, 5) is 0. The smallest absolute Gasteiger partial charge is 0.0541 e. The standard InChI is InChI=1S/C35H39N/c1-22-18-26(19-23(2)24(22)3)25-10-14-29(15-11-25)36-32-16-12-27(34(4,5)6)20-30(32)31-21-28(35(7,8)9)13-17-33(31)36/h10-21H,1-9H3. The molecule has 1 aromatic heterocycles. The van der Waals surface area contributed by atoms with E-state index in [1.165, 1.54) is 66.4 Å². The molecule has 1 heteroatoms. The molecule has 184 valence electrons. The maximum Gasteiger partial charge on any atom is 0.0541 e. The molecule has 36 heavy (non-hydrogen) atoms. The molecule has 1 heterocycles. The molecule has 1 nitrogen and oxygen atoms in total. The molecule has 4 aromatic carbocycles. The van der Waals surface area contributed by atoms with Crippen LogP contribution in [0.1, 0.15) is 69.4 Å². The quantitative estimate of drug-likeness (QED) is 0.240. The van der Waals surface area contributed by atoms with Crippen LogP contribution in [0.2, 0.25) is 0 Å². The lowest BCUT2D eigenvalue weighted by atomic mass is 9.85. The molecule has 0 bridgehead atoms. The summed E-state index contributed by atoms with van der Waals surface area (Å²) >= 11 is 0. The highest BCUT2D eigenvalue weighted by atomic mass is 15.0. The molecule has 0 aliphatic rings. The third kappa shape index (κ3) is 4.15. The third-order valence-electron chi connectivity index (χ3n) is 7.88. The Hall–Kier alpha value is -3.32. The first-order chi connectivity index (χ1) is 16.8. The van der Waals surface area contributed by atoms with Crippen LogP contribution in [-0.2, 0) is 10.8 Å². The van der Waals surface area contributed by atoms with Crippen LogP contribution in [0.4, 0.5) is 0 Å². The van der Waals surface area contributed by atoms with E-state index in [1.807, 2.05) is 0 Å². The number of hydrogen-bond donors (Lipinski definition) is 0. The molecular formula is C35H39N. The summed E-state index contributed by atoms with van der Waals surface area (Å²) in [6.07, 6.45) is 0. The van der Waals surface area contributed by atoms with Crippen molar-refractivity contribution in [2.24, 2.45) is 0 Å². The number of nitrogens with zero attached hydrogens (tertiary/aromatic N) is 1. The molecule has 0 saturated carbocycles. The van der Waals surface area contributed by atoms with Gasteiger partial charge in [0.1, 0.15) is 0 Å². The zero-order valence-corrected chi connectivity index (χ0v) is 23.4. The van der Waals surface area contributed by atoms with Gasteiger partial charge in [-0.05, 0) is 107 Å². The van der Waals surface area contributed by atoms with Crippen molar-refractivity contribution in [1.82, 2.24) is 4.57 Å². The summed E-state index contributed by atoms with van der Waals surface area (Å²) in [5, 5.41) is 2.66. The largest absolute Gasteiger partial charge is 0.309 e. The summed E-state index contributed by atoms with van der Waals surface area (Å²) in [5.74, 6) is 0. The second-order valence-electron chi connectivity index (χ2n) is 12.6. The molecule has 0 fully saturated rings. The van der Waals surface area contributed by atoms with E-state index in [0.717, 1.165) is 0 Å². The normalized spacial score (nSPS) is 12.6. The molecule has 0 radical (unpaired) electrons. The number of benzene rings is 4. The molecule has 0 aliphatic carbocycles. The van der Waals surface area contributed by atoms with Crippen molar-refractivity contribution < 1.29 is 0 Å². The zero-order valence-electron chi connectivity index (χ0n) is 23.4. The molecule has 0 unspecified atom stereocenters. The van der Waals surface area contributed by atoms with Gasteiger partial charge >= 0.3 is 0 Å². The summed E-state index contributed by atoms with van der Waals surface area (Å²) in [6.45, 7) is 20.4. The molecular weight excluding hydrogens is 434 g/mol. The number of hydrogen-bond acceptors (Lipinski definition) is 0. The second kappa shape index (κ2) is 8.37.